The lowest BCUT2D eigenvalue weighted by molar-refractivity contribution is -0.274. The molecule has 0 saturated carbocycles. The molecule has 29 heavy (non-hydrogen) atoms. The van der Waals surface area contributed by atoms with Gasteiger partial charge in [-0.1, -0.05) is 77.6 Å². The number of rotatable bonds is 16. The van der Waals surface area contributed by atoms with Gasteiger partial charge in [0.25, 0.3) is 0 Å². The fraction of sp³-hybridized carbons (Fsp3) is 0.682. The maximum Gasteiger partial charge on any atom is 0.573 e. The van der Waals surface area contributed by atoms with Gasteiger partial charge in [-0.05, 0) is 18.6 Å². The van der Waals surface area contributed by atoms with E-state index in [0.29, 0.717) is 6.42 Å². The Morgan fingerprint density at radius 2 is 1.41 bits per heavy atom. The number of alkyl halides is 3. The molecule has 0 spiro atoms. The minimum Gasteiger partial charge on any atom is -0.545 e. The van der Waals surface area contributed by atoms with E-state index >= 15 is 0 Å². The van der Waals surface area contributed by atoms with Gasteiger partial charge in [0.05, 0.1) is 12.6 Å². The molecular formula is C22H32F3O4-. The van der Waals surface area contributed by atoms with Gasteiger partial charge in [0, 0.05) is 11.6 Å². The number of hydrogen-bond donors (Lipinski definition) is 0. The Morgan fingerprint density at radius 1 is 0.897 bits per heavy atom. The Hall–Kier alpha value is -1.92. The number of ether oxygens (including phenoxy) is 2. The van der Waals surface area contributed by atoms with Gasteiger partial charge in [-0.3, -0.25) is 0 Å². The second-order valence-corrected chi connectivity index (χ2v) is 7.23. The third-order valence-corrected chi connectivity index (χ3v) is 4.66. The van der Waals surface area contributed by atoms with Gasteiger partial charge in [0.15, 0.2) is 0 Å². The van der Waals surface area contributed by atoms with Crippen LogP contribution in [-0.2, 0) is 0 Å². The minimum absolute atomic E-state index is 0.171. The minimum atomic E-state index is -4.85. The highest BCUT2D eigenvalue weighted by atomic mass is 19.4. The topological polar surface area (TPSA) is 58.6 Å². The molecule has 0 N–H and O–H groups in total. The van der Waals surface area contributed by atoms with E-state index in [9.17, 15) is 23.1 Å². The Kier molecular flexibility index (Phi) is 12.2. The van der Waals surface area contributed by atoms with Crippen LogP contribution in [-0.4, -0.2) is 18.9 Å². The Morgan fingerprint density at radius 3 is 1.90 bits per heavy atom. The fourth-order valence-corrected chi connectivity index (χ4v) is 3.11. The molecule has 0 aliphatic carbocycles. The standard InChI is InChI=1S/C22H33F3O4/c1-2-3-4-5-6-7-8-9-10-11-12-13-16-28-20-17-18(29-22(23,24)25)14-15-19(20)21(26)27/h14-15,17H,2-13,16H2,1H3,(H,26,27)/p-1. The van der Waals surface area contributed by atoms with Gasteiger partial charge in [-0.2, -0.15) is 0 Å². The van der Waals surface area contributed by atoms with Gasteiger partial charge in [-0.25, -0.2) is 0 Å². The predicted octanol–water partition coefficient (Wildman–Crippen LogP) is 6.03. The van der Waals surface area contributed by atoms with E-state index in [1.807, 2.05) is 0 Å². The number of hydrogen-bond acceptors (Lipinski definition) is 4. The molecular weight excluding hydrogens is 385 g/mol. The van der Waals surface area contributed by atoms with Gasteiger partial charge in [0.1, 0.15) is 11.5 Å². The van der Waals surface area contributed by atoms with E-state index in [0.717, 1.165) is 37.5 Å². The second-order valence-electron chi connectivity index (χ2n) is 7.23. The number of unbranched alkanes of at least 4 members (excludes halogenated alkanes) is 11. The Bertz CT molecular complexity index is 588. The first-order valence-electron chi connectivity index (χ1n) is 10.6. The second kappa shape index (κ2) is 14.1. The molecule has 0 atom stereocenters. The van der Waals surface area contributed by atoms with Crippen molar-refractivity contribution < 1.29 is 32.5 Å². The summed E-state index contributed by atoms with van der Waals surface area (Å²) in [6, 6.07) is 2.85. The fourth-order valence-electron chi connectivity index (χ4n) is 3.11. The molecule has 0 saturated heterocycles. The SMILES string of the molecule is CCCCCCCCCCCCCCOc1cc(OC(F)(F)F)ccc1C(=O)[O-]. The number of aromatic carboxylic acids is 1. The van der Waals surface area contributed by atoms with Crippen molar-refractivity contribution in [3.05, 3.63) is 23.8 Å². The highest BCUT2D eigenvalue weighted by Gasteiger charge is 2.31. The summed E-state index contributed by atoms with van der Waals surface area (Å²) in [6.07, 6.45) is 9.30. The van der Waals surface area contributed by atoms with Crippen molar-refractivity contribution >= 4 is 5.97 Å². The molecule has 0 aliphatic rings. The summed E-state index contributed by atoms with van der Waals surface area (Å²) in [6.45, 7) is 2.44. The number of carboxylic acid groups (broad SMARTS) is 1. The zero-order valence-electron chi connectivity index (χ0n) is 17.2. The highest BCUT2D eigenvalue weighted by molar-refractivity contribution is 5.89. The van der Waals surface area contributed by atoms with Crippen LogP contribution in [0.2, 0.25) is 0 Å². The lowest BCUT2D eigenvalue weighted by Gasteiger charge is -2.15. The van der Waals surface area contributed by atoms with Gasteiger partial charge in [0.2, 0.25) is 0 Å². The molecule has 1 aromatic rings. The van der Waals surface area contributed by atoms with Crippen molar-refractivity contribution in [2.24, 2.45) is 0 Å². The lowest BCUT2D eigenvalue weighted by atomic mass is 10.1. The van der Waals surface area contributed by atoms with E-state index in [1.165, 1.54) is 51.4 Å². The van der Waals surface area contributed by atoms with Crippen LogP contribution in [0, 0.1) is 0 Å². The Balaban J connectivity index is 2.21. The normalized spacial score (nSPS) is 11.4. The van der Waals surface area contributed by atoms with Gasteiger partial charge >= 0.3 is 6.36 Å². The summed E-state index contributed by atoms with van der Waals surface area (Å²) in [5.74, 6) is -2.20. The van der Waals surface area contributed by atoms with Crippen LogP contribution in [0.5, 0.6) is 11.5 Å². The predicted molar refractivity (Wildman–Crippen MR) is 104 cm³/mol. The van der Waals surface area contributed by atoms with Crippen LogP contribution in [0.3, 0.4) is 0 Å². The average Bonchev–Trinajstić information content (AvgIpc) is 2.64. The molecule has 1 aromatic carbocycles. The molecule has 0 unspecified atom stereocenters. The van der Waals surface area contributed by atoms with Crippen LogP contribution >= 0.6 is 0 Å². The summed E-state index contributed by atoms with van der Waals surface area (Å²) in [5.41, 5.74) is -0.293. The number of halogens is 3. The first-order chi connectivity index (χ1) is 13.8. The van der Waals surface area contributed by atoms with Crippen LogP contribution in [0.25, 0.3) is 0 Å². The molecule has 0 radical (unpaired) electrons. The zero-order valence-corrected chi connectivity index (χ0v) is 17.2. The van der Waals surface area contributed by atoms with Crippen molar-refractivity contribution in [3.63, 3.8) is 0 Å². The van der Waals surface area contributed by atoms with Crippen molar-refractivity contribution in [2.45, 2.75) is 90.3 Å². The molecule has 0 fully saturated rings. The number of carbonyl (C=O) groups excluding carboxylic acids is 1. The third-order valence-electron chi connectivity index (χ3n) is 4.66. The van der Waals surface area contributed by atoms with E-state index in [1.54, 1.807) is 0 Å². The molecule has 166 valence electrons. The summed E-state index contributed by atoms with van der Waals surface area (Å²) in [7, 11) is 0. The molecule has 0 heterocycles. The molecule has 0 aliphatic heterocycles. The summed E-state index contributed by atoms with van der Waals surface area (Å²) >= 11 is 0. The van der Waals surface area contributed by atoms with Crippen LogP contribution in [0.4, 0.5) is 13.2 Å². The summed E-state index contributed by atoms with van der Waals surface area (Å²) in [4.78, 5) is 11.1. The molecule has 7 heteroatoms. The van der Waals surface area contributed by atoms with E-state index < -0.39 is 18.1 Å². The third kappa shape index (κ3) is 12.3. The van der Waals surface area contributed by atoms with Crippen molar-refractivity contribution in [1.29, 1.82) is 0 Å². The van der Waals surface area contributed by atoms with Gasteiger partial charge in [-0.15, -0.1) is 13.2 Å². The maximum atomic E-state index is 12.3. The molecule has 4 nitrogen and oxygen atoms in total. The van der Waals surface area contributed by atoms with E-state index in [4.69, 9.17) is 4.74 Å². The highest BCUT2D eigenvalue weighted by Crippen LogP contribution is 2.29. The Labute approximate surface area is 171 Å². The average molecular weight is 417 g/mol. The van der Waals surface area contributed by atoms with Crippen LogP contribution < -0.4 is 14.6 Å². The van der Waals surface area contributed by atoms with Crippen molar-refractivity contribution in [1.82, 2.24) is 0 Å². The smallest absolute Gasteiger partial charge is 0.545 e. The zero-order chi connectivity index (χ0) is 21.5. The summed E-state index contributed by atoms with van der Waals surface area (Å²) < 4.78 is 46.1. The monoisotopic (exact) mass is 417 g/mol. The first-order valence-corrected chi connectivity index (χ1v) is 10.6. The quantitative estimate of drug-likeness (QED) is 0.308. The lowest BCUT2D eigenvalue weighted by Crippen LogP contribution is -2.23. The molecule has 0 bridgehead atoms. The molecule has 0 amide bonds. The van der Waals surface area contributed by atoms with Crippen molar-refractivity contribution in [2.75, 3.05) is 6.61 Å². The van der Waals surface area contributed by atoms with E-state index in [2.05, 4.69) is 11.7 Å². The van der Waals surface area contributed by atoms with Gasteiger partial charge < -0.3 is 19.4 Å². The van der Waals surface area contributed by atoms with Crippen LogP contribution in [0.15, 0.2) is 18.2 Å². The number of benzene rings is 1. The van der Waals surface area contributed by atoms with Crippen LogP contribution in [0.1, 0.15) is 94.3 Å². The summed E-state index contributed by atoms with van der Waals surface area (Å²) in [5, 5.41) is 11.1. The number of carboxylic acids is 1. The molecule has 1 rings (SSSR count). The first kappa shape index (κ1) is 25.1. The maximum absolute atomic E-state index is 12.3. The van der Waals surface area contributed by atoms with E-state index in [-0.39, 0.29) is 17.9 Å². The molecule has 0 aromatic heterocycles. The van der Waals surface area contributed by atoms with Crippen molar-refractivity contribution in [3.8, 4) is 11.5 Å². The number of carbonyl (C=O) groups is 1. The largest absolute Gasteiger partial charge is 0.573 e.